The van der Waals surface area contributed by atoms with Gasteiger partial charge in [-0.3, -0.25) is 14.5 Å². The highest BCUT2D eigenvalue weighted by molar-refractivity contribution is 7.18. The van der Waals surface area contributed by atoms with Gasteiger partial charge in [-0.25, -0.2) is 4.79 Å². The van der Waals surface area contributed by atoms with Gasteiger partial charge < -0.3 is 4.74 Å². The lowest BCUT2D eigenvalue weighted by Gasteiger charge is -2.24. The molecular formula is C27H27NO4S. The predicted molar refractivity (Wildman–Crippen MR) is 130 cm³/mol. The third-order valence-electron chi connectivity index (χ3n) is 5.38. The SMILES string of the molecule is CC(C)(C)OC(=O)c1sc(N(Cc2ccccc2)C(=O)c2ccccc2)c2c1CCCC2=O. The zero-order valence-corrected chi connectivity index (χ0v) is 19.9. The molecule has 33 heavy (non-hydrogen) atoms. The van der Waals surface area contributed by atoms with Crippen LogP contribution >= 0.6 is 11.3 Å². The number of amides is 1. The van der Waals surface area contributed by atoms with Gasteiger partial charge in [-0.1, -0.05) is 48.5 Å². The minimum atomic E-state index is -0.656. The Morgan fingerprint density at radius 2 is 1.61 bits per heavy atom. The first-order chi connectivity index (χ1) is 15.7. The summed E-state index contributed by atoms with van der Waals surface area (Å²) in [5.74, 6) is -0.689. The fourth-order valence-electron chi connectivity index (χ4n) is 3.95. The van der Waals surface area contributed by atoms with E-state index < -0.39 is 11.6 Å². The summed E-state index contributed by atoms with van der Waals surface area (Å²) in [6.07, 6.45) is 1.71. The molecule has 170 valence electrons. The molecule has 3 aromatic rings. The molecule has 0 spiro atoms. The molecule has 0 aliphatic heterocycles. The molecule has 0 N–H and O–H groups in total. The van der Waals surface area contributed by atoms with E-state index in [1.165, 1.54) is 11.3 Å². The second-order valence-corrected chi connectivity index (χ2v) is 10.1. The molecule has 0 atom stereocenters. The van der Waals surface area contributed by atoms with Gasteiger partial charge in [-0.15, -0.1) is 11.3 Å². The highest BCUT2D eigenvalue weighted by Crippen LogP contribution is 2.42. The van der Waals surface area contributed by atoms with Gasteiger partial charge in [0.25, 0.3) is 5.91 Å². The second kappa shape index (κ2) is 9.32. The van der Waals surface area contributed by atoms with Crippen molar-refractivity contribution in [2.24, 2.45) is 0 Å². The summed E-state index contributed by atoms with van der Waals surface area (Å²) < 4.78 is 5.64. The Morgan fingerprint density at radius 1 is 0.970 bits per heavy atom. The molecule has 0 radical (unpaired) electrons. The van der Waals surface area contributed by atoms with Crippen molar-refractivity contribution in [2.45, 2.75) is 52.2 Å². The van der Waals surface area contributed by atoms with E-state index in [0.717, 1.165) is 5.56 Å². The summed E-state index contributed by atoms with van der Waals surface area (Å²) in [5.41, 5.74) is 2.01. The van der Waals surface area contributed by atoms with Gasteiger partial charge in [-0.2, -0.15) is 0 Å². The monoisotopic (exact) mass is 461 g/mol. The lowest BCUT2D eigenvalue weighted by Crippen LogP contribution is -2.31. The van der Waals surface area contributed by atoms with E-state index in [1.807, 2.05) is 69.3 Å². The number of fused-ring (bicyclic) bond motifs is 1. The maximum Gasteiger partial charge on any atom is 0.349 e. The number of esters is 1. The van der Waals surface area contributed by atoms with Crippen molar-refractivity contribution in [2.75, 3.05) is 4.90 Å². The summed E-state index contributed by atoms with van der Waals surface area (Å²) >= 11 is 1.19. The minimum Gasteiger partial charge on any atom is -0.456 e. The van der Waals surface area contributed by atoms with Crippen molar-refractivity contribution >= 4 is 34.0 Å². The zero-order chi connectivity index (χ0) is 23.6. The van der Waals surface area contributed by atoms with Crippen molar-refractivity contribution in [3.8, 4) is 0 Å². The van der Waals surface area contributed by atoms with Crippen LogP contribution in [0.1, 0.15) is 75.1 Å². The maximum absolute atomic E-state index is 13.7. The fourth-order valence-corrected chi connectivity index (χ4v) is 5.19. The van der Waals surface area contributed by atoms with Crippen molar-refractivity contribution in [3.63, 3.8) is 0 Å². The van der Waals surface area contributed by atoms with Gasteiger partial charge in [0.15, 0.2) is 5.78 Å². The number of nitrogens with zero attached hydrogens (tertiary/aromatic N) is 1. The van der Waals surface area contributed by atoms with E-state index >= 15 is 0 Å². The molecule has 1 amide bonds. The molecule has 2 aromatic carbocycles. The van der Waals surface area contributed by atoms with Crippen LogP contribution < -0.4 is 4.90 Å². The first-order valence-electron chi connectivity index (χ1n) is 11.1. The van der Waals surface area contributed by atoms with E-state index in [0.29, 0.717) is 52.4 Å². The Labute approximate surface area is 198 Å². The van der Waals surface area contributed by atoms with Crippen LogP contribution in [0.4, 0.5) is 5.00 Å². The standard InChI is InChI=1S/C27H27NO4S/c1-27(2,3)32-26(31)23-20-15-10-16-21(29)22(20)25(33-23)28(17-18-11-6-4-7-12-18)24(30)19-13-8-5-9-14-19/h4-9,11-14H,10,15-17H2,1-3H3. The third kappa shape index (κ3) is 5.06. The smallest absolute Gasteiger partial charge is 0.349 e. The summed E-state index contributed by atoms with van der Waals surface area (Å²) in [6.45, 7) is 5.75. The molecule has 4 rings (SSSR count). The quantitative estimate of drug-likeness (QED) is 0.433. The van der Waals surface area contributed by atoms with Crippen LogP contribution in [0.15, 0.2) is 60.7 Å². The molecule has 0 saturated carbocycles. The first kappa shape index (κ1) is 22.9. The van der Waals surface area contributed by atoms with E-state index in [-0.39, 0.29) is 11.7 Å². The van der Waals surface area contributed by atoms with E-state index in [9.17, 15) is 14.4 Å². The predicted octanol–water partition coefficient (Wildman–Crippen LogP) is 6.07. The van der Waals surface area contributed by atoms with E-state index in [2.05, 4.69) is 0 Å². The number of rotatable bonds is 5. The van der Waals surface area contributed by atoms with Crippen LogP contribution in [0.25, 0.3) is 0 Å². The zero-order valence-electron chi connectivity index (χ0n) is 19.1. The number of ketones is 1. The maximum atomic E-state index is 13.7. The fraction of sp³-hybridized carbons (Fsp3) is 0.296. The average Bonchev–Trinajstić information content (AvgIpc) is 3.18. The minimum absolute atomic E-state index is 0.0313. The number of carbonyl (C=O) groups is 3. The molecule has 5 nitrogen and oxygen atoms in total. The van der Waals surface area contributed by atoms with Crippen molar-refractivity contribution in [3.05, 3.63) is 87.8 Å². The molecule has 0 unspecified atom stereocenters. The number of hydrogen-bond donors (Lipinski definition) is 0. The molecule has 6 heteroatoms. The summed E-state index contributed by atoms with van der Waals surface area (Å²) in [7, 11) is 0. The molecule has 0 fully saturated rings. The Kier molecular flexibility index (Phi) is 6.47. The molecule has 1 heterocycles. The topological polar surface area (TPSA) is 63.7 Å². The molecule has 0 bridgehead atoms. The number of benzene rings is 2. The van der Waals surface area contributed by atoms with Gasteiger partial charge in [0.2, 0.25) is 0 Å². The highest BCUT2D eigenvalue weighted by Gasteiger charge is 2.35. The number of Topliss-reactive ketones (excluding diaryl/α,β-unsaturated/α-hetero) is 1. The number of hydrogen-bond acceptors (Lipinski definition) is 5. The van der Waals surface area contributed by atoms with Crippen LogP contribution in [0.5, 0.6) is 0 Å². The van der Waals surface area contributed by atoms with Gasteiger partial charge >= 0.3 is 5.97 Å². The van der Waals surface area contributed by atoms with Crippen LogP contribution in [-0.4, -0.2) is 23.3 Å². The van der Waals surface area contributed by atoms with E-state index in [4.69, 9.17) is 4.74 Å². The average molecular weight is 462 g/mol. The van der Waals surface area contributed by atoms with Crippen molar-refractivity contribution in [1.82, 2.24) is 0 Å². The van der Waals surface area contributed by atoms with Gasteiger partial charge in [-0.05, 0) is 56.9 Å². The second-order valence-electron chi connectivity index (χ2n) is 9.11. The van der Waals surface area contributed by atoms with Gasteiger partial charge in [0.05, 0.1) is 12.1 Å². The van der Waals surface area contributed by atoms with Crippen LogP contribution in [0, 0.1) is 0 Å². The normalized spacial score (nSPS) is 13.4. The third-order valence-corrected chi connectivity index (χ3v) is 6.61. The molecule has 1 aliphatic carbocycles. The number of anilines is 1. The van der Waals surface area contributed by atoms with E-state index in [1.54, 1.807) is 17.0 Å². The summed E-state index contributed by atoms with van der Waals surface area (Å²) in [5, 5.41) is 0.522. The lowest BCUT2D eigenvalue weighted by molar-refractivity contribution is 0.00739. The molecule has 0 saturated heterocycles. The summed E-state index contributed by atoms with van der Waals surface area (Å²) in [6, 6.07) is 18.7. The Morgan fingerprint density at radius 3 is 2.24 bits per heavy atom. The van der Waals surface area contributed by atoms with Crippen LogP contribution in [0.3, 0.4) is 0 Å². The highest BCUT2D eigenvalue weighted by atomic mass is 32.1. The summed E-state index contributed by atoms with van der Waals surface area (Å²) in [4.78, 5) is 41.8. The Balaban J connectivity index is 1.84. The Hall–Kier alpha value is -3.25. The van der Waals surface area contributed by atoms with Crippen LogP contribution in [-0.2, 0) is 17.7 Å². The lowest BCUT2D eigenvalue weighted by atomic mass is 9.91. The number of ether oxygens (including phenoxy) is 1. The molecule has 1 aliphatic rings. The van der Waals surface area contributed by atoms with Crippen molar-refractivity contribution in [1.29, 1.82) is 0 Å². The number of thiophene rings is 1. The van der Waals surface area contributed by atoms with Crippen molar-refractivity contribution < 1.29 is 19.1 Å². The molecule has 1 aromatic heterocycles. The van der Waals surface area contributed by atoms with Gasteiger partial charge in [0.1, 0.15) is 15.5 Å². The van der Waals surface area contributed by atoms with Crippen LogP contribution in [0.2, 0.25) is 0 Å². The number of carbonyl (C=O) groups excluding carboxylic acids is 3. The first-order valence-corrected chi connectivity index (χ1v) is 11.9. The van der Waals surface area contributed by atoms with Gasteiger partial charge in [0, 0.05) is 12.0 Å². The largest absolute Gasteiger partial charge is 0.456 e. The Bertz CT molecular complexity index is 1180. The molecular weight excluding hydrogens is 434 g/mol.